The number of carbonyl (C=O) groups is 1. The first-order valence-electron chi connectivity index (χ1n) is 5.44. The lowest BCUT2D eigenvalue weighted by Crippen LogP contribution is -2.04. The van der Waals surface area contributed by atoms with Gasteiger partial charge in [0.05, 0.1) is 24.3 Å². The molecule has 0 saturated carbocycles. The van der Waals surface area contributed by atoms with Crippen molar-refractivity contribution in [3.63, 3.8) is 0 Å². The first-order valence-corrected chi connectivity index (χ1v) is 5.44. The molecule has 0 radical (unpaired) electrons. The quantitative estimate of drug-likeness (QED) is 0.771. The minimum absolute atomic E-state index is 0.149. The summed E-state index contributed by atoms with van der Waals surface area (Å²) in [5, 5.41) is 8.83. The highest BCUT2D eigenvalue weighted by molar-refractivity contribution is 6.10. The number of hydrogen-bond acceptors (Lipinski definition) is 3. The van der Waals surface area contributed by atoms with E-state index in [1.54, 1.807) is 48.5 Å². The summed E-state index contributed by atoms with van der Waals surface area (Å²) in [5.74, 6) is 0.384. The smallest absolute Gasteiger partial charge is 0.196 e. The molecule has 0 fully saturated rings. The Morgan fingerprint density at radius 1 is 1.17 bits per heavy atom. The maximum Gasteiger partial charge on any atom is 0.196 e. The van der Waals surface area contributed by atoms with E-state index in [1.807, 2.05) is 6.07 Å². The van der Waals surface area contributed by atoms with E-state index in [9.17, 15) is 4.79 Å². The number of carbonyl (C=O) groups excluding carboxylic acids is 1. The van der Waals surface area contributed by atoms with Gasteiger partial charge in [0.1, 0.15) is 5.75 Å². The molecule has 2 aromatic rings. The Balaban J connectivity index is 2.45. The third kappa shape index (κ3) is 2.23. The van der Waals surface area contributed by atoms with Crippen LogP contribution in [0.15, 0.2) is 48.5 Å². The zero-order valence-corrected chi connectivity index (χ0v) is 9.88. The van der Waals surface area contributed by atoms with E-state index in [1.165, 1.54) is 7.11 Å². The van der Waals surface area contributed by atoms with Crippen LogP contribution in [-0.4, -0.2) is 12.9 Å². The van der Waals surface area contributed by atoms with Crippen molar-refractivity contribution in [2.75, 3.05) is 7.11 Å². The van der Waals surface area contributed by atoms with E-state index in [0.29, 0.717) is 22.4 Å². The zero-order valence-electron chi connectivity index (χ0n) is 9.88. The lowest BCUT2D eigenvalue weighted by atomic mass is 10.0. The Morgan fingerprint density at radius 2 is 1.94 bits per heavy atom. The van der Waals surface area contributed by atoms with E-state index in [-0.39, 0.29) is 5.78 Å². The van der Waals surface area contributed by atoms with Crippen LogP contribution < -0.4 is 4.74 Å². The summed E-state index contributed by atoms with van der Waals surface area (Å²) in [6.45, 7) is 0. The van der Waals surface area contributed by atoms with Crippen LogP contribution in [0, 0.1) is 11.3 Å². The molecule has 2 rings (SSSR count). The molecule has 0 amide bonds. The van der Waals surface area contributed by atoms with Crippen molar-refractivity contribution >= 4 is 5.78 Å². The van der Waals surface area contributed by atoms with E-state index in [0.717, 1.165) is 0 Å². The molecule has 0 aliphatic carbocycles. The van der Waals surface area contributed by atoms with Crippen molar-refractivity contribution in [1.29, 1.82) is 5.26 Å². The standard InChI is InChI=1S/C15H11NO2/c1-18-14-8-3-2-7-13(14)15(17)12-6-4-5-11(9-12)10-16/h2-9H,1H3. The summed E-state index contributed by atoms with van der Waals surface area (Å²) >= 11 is 0. The normalized spacial score (nSPS) is 9.56. The molecular formula is C15H11NO2. The highest BCUT2D eigenvalue weighted by Crippen LogP contribution is 2.21. The zero-order chi connectivity index (χ0) is 13.0. The number of nitrogens with zero attached hydrogens (tertiary/aromatic N) is 1. The predicted molar refractivity (Wildman–Crippen MR) is 67.6 cm³/mol. The number of para-hydroxylation sites is 1. The SMILES string of the molecule is COc1ccccc1C(=O)c1cccc(C#N)c1. The number of methoxy groups -OCH3 is 1. The van der Waals surface area contributed by atoms with Crippen molar-refractivity contribution in [2.45, 2.75) is 0 Å². The van der Waals surface area contributed by atoms with Gasteiger partial charge in [-0.15, -0.1) is 0 Å². The molecule has 18 heavy (non-hydrogen) atoms. The van der Waals surface area contributed by atoms with Crippen molar-refractivity contribution in [2.24, 2.45) is 0 Å². The van der Waals surface area contributed by atoms with Crippen molar-refractivity contribution < 1.29 is 9.53 Å². The Kier molecular flexibility index (Phi) is 3.40. The average molecular weight is 237 g/mol. The van der Waals surface area contributed by atoms with Crippen molar-refractivity contribution in [3.05, 3.63) is 65.2 Å². The highest BCUT2D eigenvalue weighted by atomic mass is 16.5. The summed E-state index contributed by atoms with van der Waals surface area (Å²) in [6, 6.07) is 15.7. The molecule has 3 nitrogen and oxygen atoms in total. The van der Waals surface area contributed by atoms with Gasteiger partial charge in [0, 0.05) is 5.56 Å². The molecule has 0 unspecified atom stereocenters. The van der Waals surface area contributed by atoms with Crippen molar-refractivity contribution in [3.8, 4) is 11.8 Å². The molecule has 0 bridgehead atoms. The van der Waals surface area contributed by atoms with Gasteiger partial charge in [-0.05, 0) is 24.3 Å². The van der Waals surface area contributed by atoms with Crippen LogP contribution in [-0.2, 0) is 0 Å². The summed E-state index contributed by atoms with van der Waals surface area (Å²) in [5.41, 5.74) is 1.45. The van der Waals surface area contributed by atoms with E-state index >= 15 is 0 Å². The van der Waals surface area contributed by atoms with Crippen LogP contribution in [0.4, 0.5) is 0 Å². The number of benzene rings is 2. The van der Waals surface area contributed by atoms with Gasteiger partial charge in [-0.2, -0.15) is 5.26 Å². The second kappa shape index (κ2) is 5.15. The van der Waals surface area contributed by atoms with E-state index in [2.05, 4.69) is 0 Å². The second-order valence-electron chi connectivity index (χ2n) is 3.72. The van der Waals surface area contributed by atoms with Crippen LogP contribution in [0.25, 0.3) is 0 Å². The molecule has 88 valence electrons. The van der Waals surface area contributed by atoms with E-state index < -0.39 is 0 Å². The second-order valence-corrected chi connectivity index (χ2v) is 3.72. The van der Waals surface area contributed by atoms with Gasteiger partial charge in [-0.3, -0.25) is 4.79 Å². The number of ether oxygens (including phenoxy) is 1. The molecule has 2 aromatic carbocycles. The molecule has 0 heterocycles. The maximum atomic E-state index is 12.3. The van der Waals surface area contributed by atoms with E-state index in [4.69, 9.17) is 10.00 Å². The van der Waals surface area contributed by atoms with Crippen molar-refractivity contribution in [1.82, 2.24) is 0 Å². The molecule has 0 atom stereocenters. The van der Waals surface area contributed by atoms with Gasteiger partial charge in [0.2, 0.25) is 0 Å². The minimum atomic E-state index is -0.149. The van der Waals surface area contributed by atoms with Crippen LogP contribution in [0.1, 0.15) is 21.5 Å². The molecule has 0 aromatic heterocycles. The Labute approximate surface area is 105 Å². The molecule has 0 saturated heterocycles. The Hall–Kier alpha value is -2.60. The molecule has 0 N–H and O–H groups in total. The lowest BCUT2D eigenvalue weighted by molar-refractivity contribution is 0.103. The fraction of sp³-hybridized carbons (Fsp3) is 0.0667. The predicted octanol–water partition coefficient (Wildman–Crippen LogP) is 2.80. The largest absolute Gasteiger partial charge is 0.496 e. The molecular weight excluding hydrogens is 226 g/mol. The number of nitriles is 1. The van der Waals surface area contributed by atoms with Gasteiger partial charge in [0.15, 0.2) is 5.78 Å². The third-order valence-corrected chi connectivity index (χ3v) is 2.61. The summed E-state index contributed by atoms with van der Waals surface area (Å²) in [6.07, 6.45) is 0. The molecule has 0 aliphatic heterocycles. The maximum absolute atomic E-state index is 12.3. The molecule has 0 aliphatic rings. The van der Waals surface area contributed by atoms with Crippen LogP contribution >= 0.6 is 0 Å². The highest BCUT2D eigenvalue weighted by Gasteiger charge is 2.13. The topological polar surface area (TPSA) is 50.1 Å². The first-order chi connectivity index (χ1) is 8.76. The summed E-state index contributed by atoms with van der Waals surface area (Å²) in [7, 11) is 1.53. The lowest BCUT2D eigenvalue weighted by Gasteiger charge is -2.07. The first kappa shape index (κ1) is 11.9. The average Bonchev–Trinajstić information content (AvgIpc) is 2.46. The van der Waals surface area contributed by atoms with Gasteiger partial charge >= 0.3 is 0 Å². The van der Waals surface area contributed by atoms with Gasteiger partial charge < -0.3 is 4.74 Å². The Morgan fingerprint density at radius 3 is 2.67 bits per heavy atom. The molecule has 0 spiro atoms. The summed E-state index contributed by atoms with van der Waals surface area (Å²) in [4.78, 5) is 12.3. The fourth-order valence-corrected chi connectivity index (χ4v) is 1.72. The molecule has 3 heteroatoms. The summed E-state index contributed by atoms with van der Waals surface area (Å²) < 4.78 is 5.16. The van der Waals surface area contributed by atoms with Crippen LogP contribution in [0.2, 0.25) is 0 Å². The Bertz CT molecular complexity index is 626. The van der Waals surface area contributed by atoms with Gasteiger partial charge in [-0.1, -0.05) is 24.3 Å². The monoisotopic (exact) mass is 237 g/mol. The number of ketones is 1. The number of rotatable bonds is 3. The van der Waals surface area contributed by atoms with Crippen LogP contribution in [0.3, 0.4) is 0 Å². The third-order valence-electron chi connectivity index (χ3n) is 2.61. The van der Waals surface area contributed by atoms with Gasteiger partial charge in [0.25, 0.3) is 0 Å². The fourth-order valence-electron chi connectivity index (χ4n) is 1.72. The van der Waals surface area contributed by atoms with Gasteiger partial charge in [-0.25, -0.2) is 0 Å². The minimum Gasteiger partial charge on any atom is -0.496 e. The van der Waals surface area contributed by atoms with Crippen LogP contribution in [0.5, 0.6) is 5.75 Å². The number of hydrogen-bond donors (Lipinski definition) is 0.